The molecule has 108 valence electrons. The Balaban J connectivity index is 2.20. The Morgan fingerprint density at radius 1 is 1.20 bits per heavy atom. The maximum absolute atomic E-state index is 10.5. The van der Waals surface area contributed by atoms with Crippen molar-refractivity contribution < 1.29 is 5.11 Å². The number of nitrogens with zero attached hydrogens (tertiary/aromatic N) is 3. The smallest absolute Gasteiger partial charge is 0.0980 e. The van der Waals surface area contributed by atoms with E-state index in [1.165, 1.54) is 0 Å². The Bertz CT molecular complexity index is 542. The molecule has 0 fully saturated rings. The minimum atomic E-state index is -0.556. The van der Waals surface area contributed by atoms with Crippen molar-refractivity contribution in [3.63, 3.8) is 0 Å². The molecule has 20 heavy (non-hydrogen) atoms. The van der Waals surface area contributed by atoms with Crippen LogP contribution >= 0.6 is 0 Å². The van der Waals surface area contributed by atoms with Gasteiger partial charge in [-0.3, -0.25) is 0 Å². The van der Waals surface area contributed by atoms with Crippen molar-refractivity contribution >= 4 is 0 Å². The highest BCUT2D eigenvalue weighted by Crippen LogP contribution is 2.33. The molecule has 0 amide bonds. The molecule has 4 heteroatoms. The second kappa shape index (κ2) is 5.75. The first-order chi connectivity index (χ1) is 9.39. The molecular formula is C16H23N3O. The van der Waals surface area contributed by atoms with Crippen LogP contribution in [0.3, 0.4) is 0 Å². The Labute approximate surface area is 120 Å². The van der Waals surface area contributed by atoms with Crippen molar-refractivity contribution in [2.24, 2.45) is 11.3 Å². The Morgan fingerprint density at radius 2 is 1.85 bits per heavy atom. The van der Waals surface area contributed by atoms with Crippen LogP contribution in [0.15, 0.2) is 36.5 Å². The summed E-state index contributed by atoms with van der Waals surface area (Å²) < 4.78 is 1.71. The molecular weight excluding hydrogens is 250 g/mol. The molecule has 0 saturated heterocycles. The van der Waals surface area contributed by atoms with Gasteiger partial charge in [0.1, 0.15) is 0 Å². The van der Waals surface area contributed by atoms with Gasteiger partial charge in [-0.2, -0.15) is 0 Å². The molecule has 0 radical (unpaired) electrons. The van der Waals surface area contributed by atoms with Crippen LogP contribution in [0.4, 0.5) is 0 Å². The quantitative estimate of drug-likeness (QED) is 0.929. The first-order valence-electron chi connectivity index (χ1n) is 7.03. The summed E-state index contributed by atoms with van der Waals surface area (Å²) in [6, 6.07) is 9.77. The second-order valence-electron chi connectivity index (χ2n) is 6.42. The van der Waals surface area contributed by atoms with Gasteiger partial charge < -0.3 is 5.11 Å². The number of aliphatic hydroxyl groups excluding tert-OH is 1. The summed E-state index contributed by atoms with van der Waals surface area (Å²) in [5, 5.41) is 18.5. The lowest BCUT2D eigenvalue weighted by Crippen LogP contribution is -2.20. The fraction of sp³-hybridized carbons (Fsp3) is 0.500. The molecule has 0 aliphatic rings. The molecule has 0 bridgehead atoms. The first kappa shape index (κ1) is 14.7. The fourth-order valence-corrected chi connectivity index (χ4v) is 2.05. The van der Waals surface area contributed by atoms with E-state index in [2.05, 4.69) is 38.0 Å². The highest BCUT2D eigenvalue weighted by molar-refractivity contribution is 5.31. The van der Waals surface area contributed by atoms with E-state index in [1.807, 2.05) is 30.3 Å². The average Bonchev–Trinajstić information content (AvgIpc) is 2.87. The lowest BCUT2D eigenvalue weighted by atomic mass is 9.78. The fourth-order valence-electron chi connectivity index (χ4n) is 2.05. The van der Waals surface area contributed by atoms with Gasteiger partial charge in [-0.05, 0) is 29.9 Å². The van der Waals surface area contributed by atoms with Crippen LogP contribution in [-0.4, -0.2) is 20.1 Å². The van der Waals surface area contributed by atoms with Crippen molar-refractivity contribution in [3.05, 3.63) is 42.2 Å². The number of para-hydroxylation sites is 1. The zero-order valence-electron chi connectivity index (χ0n) is 12.6. The molecule has 2 unspecified atom stereocenters. The number of benzene rings is 1. The van der Waals surface area contributed by atoms with Gasteiger partial charge in [-0.15, -0.1) is 5.10 Å². The minimum absolute atomic E-state index is 0.173. The van der Waals surface area contributed by atoms with E-state index >= 15 is 0 Å². The Morgan fingerprint density at radius 3 is 2.45 bits per heavy atom. The van der Waals surface area contributed by atoms with Gasteiger partial charge in [0.05, 0.1) is 23.7 Å². The van der Waals surface area contributed by atoms with Crippen molar-refractivity contribution in [2.45, 2.75) is 40.2 Å². The third-order valence-electron chi connectivity index (χ3n) is 3.97. The molecule has 4 nitrogen and oxygen atoms in total. The summed E-state index contributed by atoms with van der Waals surface area (Å²) in [6.07, 6.45) is 1.79. The molecule has 2 aromatic rings. The summed E-state index contributed by atoms with van der Waals surface area (Å²) in [4.78, 5) is 0. The molecule has 0 spiro atoms. The summed E-state index contributed by atoms with van der Waals surface area (Å²) in [6.45, 7) is 8.74. The van der Waals surface area contributed by atoms with E-state index in [1.54, 1.807) is 10.9 Å². The third-order valence-corrected chi connectivity index (χ3v) is 3.97. The third kappa shape index (κ3) is 3.25. The zero-order valence-corrected chi connectivity index (χ0v) is 12.6. The Kier molecular flexibility index (Phi) is 4.23. The van der Waals surface area contributed by atoms with Crippen molar-refractivity contribution in [1.82, 2.24) is 15.0 Å². The zero-order chi connectivity index (χ0) is 14.8. The van der Waals surface area contributed by atoms with Gasteiger partial charge in [-0.25, -0.2) is 4.68 Å². The standard InChI is InChI=1S/C16H23N3O/c1-12(16(2,3)4)10-15(20)14-11-17-18-19(14)13-8-6-5-7-9-13/h5-9,11-12,15,20H,10H2,1-4H3. The Hall–Kier alpha value is -1.68. The van der Waals surface area contributed by atoms with Gasteiger partial charge in [0.2, 0.25) is 0 Å². The summed E-state index contributed by atoms with van der Waals surface area (Å²) in [5.41, 5.74) is 1.83. The summed E-state index contributed by atoms with van der Waals surface area (Å²) in [5.74, 6) is 0.400. The van der Waals surface area contributed by atoms with E-state index in [0.717, 1.165) is 11.4 Å². The van der Waals surface area contributed by atoms with Crippen LogP contribution in [0.25, 0.3) is 5.69 Å². The van der Waals surface area contributed by atoms with Gasteiger partial charge in [0, 0.05) is 0 Å². The number of hydrogen-bond donors (Lipinski definition) is 1. The van der Waals surface area contributed by atoms with E-state index in [-0.39, 0.29) is 5.41 Å². The molecule has 2 atom stereocenters. The predicted octanol–water partition coefficient (Wildman–Crippen LogP) is 3.37. The highest BCUT2D eigenvalue weighted by atomic mass is 16.3. The van der Waals surface area contributed by atoms with Gasteiger partial charge >= 0.3 is 0 Å². The topological polar surface area (TPSA) is 50.9 Å². The number of aromatic nitrogens is 3. The van der Waals surface area contributed by atoms with Crippen molar-refractivity contribution in [3.8, 4) is 5.69 Å². The van der Waals surface area contributed by atoms with Crippen LogP contribution in [0.5, 0.6) is 0 Å². The lowest BCUT2D eigenvalue weighted by Gasteiger charge is -2.29. The van der Waals surface area contributed by atoms with Crippen molar-refractivity contribution in [1.29, 1.82) is 0 Å². The van der Waals surface area contributed by atoms with E-state index in [0.29, 0.717) is 12.3 Å². The normalized spacial score (nSPS) is 15.1. The van der Waals surface area contributed by atoms with E-state index in [4.69, 9.17) is 0 Å². The number of hydrogen-bond acceptors (Lipinski definition) is 3. The summed E-state index contributed by atoms with van der Waals surface area (Å²) in [7, 11) is 0. The number of rotatable bonds is 4. The molecule has 1 aromatic carbocycles. The highest BCUT2D eigenvalue weighted by Gasteiger charge is 2.25. The van der Waals surface area contributed by atoms with Crippen molar-refractivity contribution in [2.75, 3.05) is 0 Å². The van der Waals surface area contributed by atoms with E-state index in [9.17, 15) is 5.11 Å². The van der Waals surface area contributed by atoms with Crippen LogP contribution in [0.1, 0.15) is 45.9 Å². The van der Waals surface area contributed by atoms with Crippen LogP contribution in [-0.2, 0) is 0 Å². The lowest BCUT2D eigenvalue weighted by molar-refractivity contribution is 0.105. The first-order valence-corrected chi connectivity index (χ1v) is 7.03. The second-order valence-corrected chi connectivity index (χ2v) is 6.42. The molecule has 1 aromatic heterocycles. The monoisotopic (exact) mass is 273 g/mol. The van der Waals surface area contributed by atoms with Gasteiger partial charge in [0.15, 0.2) is 0 Å². The predicted molar refractivity (Wildman–Crippen MR) is 79.6 cm³/mol. The molecule has 0 aliphatic heterocycles. The maximum Gasteiger partial charge on any atom is 0.0980 e. The van der Waals surface area contributed by atoms with Crippen LogP contribution in [0.2, 0.25) is 0 Å². The maximum atomic E-state index is 10.5. The largest absolute Gasteiger partial charge is 0.387 e. The average molecular weight is 273 g/mol. The molecule has 0 aliphatic carbocycles. The van der Waals surface area contributed by atoms with Crippen LogP contribution < -0.4 is 0 Å². The minimum Gasteiger partial charge on any atom is -0.387 e. The van der Waals surface area contributed by atoms with Gasteiger partial charge in [-0.1, -0.05) is 51.1 Å². The molecule has 2 rings (SSSR count). The summed E-state index contributed by atoms with van der Waals surface area (Å²) >= 11 is 0. The van der Waals surface area contributed by atoms with Gasteiger partial charge in [0.25, 0.3) is 0 Å². The SMILES string of the molecule is CC(CC(O)c1cnnn1-c1ccccc1)C(C)(C)C. The molecule has 1 N–H and O–H groups in total. The van der Waals surface area contributed by atoms with Crippen LogP contribution in [0, 0.1) is 11.3 Å². The molecule has 0 saturated carbocycles. The number of aliphatic hydroxyl groups is 1. The van der Waals surface area contributed by atoms with E-state index < -0.39 is 6.10 Å². The molecule has 1 heterocycles.